The summed E-state index contributed by atoms with van der Waals surface area (Å²) in [5.74, 6) is 0.153. The highest BCUT2D eigenvalue weighted by Gasteiger charge is 2.33. The molecule has 4 rings (SSSR count). The molecule has 0 aromatic heterocycles. The maximum Gasteiger partial charge on any atom is 0.243 e. The van der Waals surface area contributed by atoms with E-state index in [-0.39, 0.29) is 30.5 Å². The molecule has 2 bridgehead atoms. The van der Waals surface area contributed by atoms with Crippen LogP contribution in [0.15, 0.2) is 60.7 Å². The standard InChI is InChI=1S/C28H35N3O5/c1-18(32)30-23-10-6-7-13-36-27-16-24(22-15-20(35-2)11-12-21(22)27)29-17-26(33)25(31-28(23)34)14-19-8-4-3-5-9-19/h3-9,11-12,15,23-27,29,33H,10,13-14,16-17H2,1-2H3,(H,30,32)(H,31,34)/t23?,24-,25-,26+,27+/m0/s1. The maximum atomic E-state index is 13.2. The molecule has 1 heterocycles. The van der Waals surface area contributed by atoms with Crippen LogP contribution in [0.25, 0.3) is 0 Å². The Morgan fingerprint density at radius 3 is 2.72 bits per heavy atom. The molecule has 2 amide bonds. The van der Waals surface area contributed by atoms with E-state index in [9.17, 15) is 14.7 Å². The molecule has 0 fully saturated rings. The Bertz CT molecular complexity index is 1070. The average molecular weight is 494 g/mol. The first kappa shape index (κ1) is 25.9. The van der Waals surface area contributed by atoms with Gasteiger partial charge in [0.25, 0.3) is 0 Å². The molecule has 1 aliphatic heterocycles. The van der Waals surface area contributed by atoms with Crippen molar-refractivity contribution in [2.45, 2.75) is 56.5 Å². The fourth-order valence-electron chi connectivity index (χ4n) is 4.88. The summed E-state index contributed by atoms with van der Waals surface area (Å²) in [4.78, 5) is 24.9. The van der Waals surface area contributed by atoms with Crippen LogP contribution in [0, 0.1) is 0 Å². The third kappa shape index (κ3) is 6.51. The number of carbonyl (C=O) groups excluding carboxylic acids is 2. The second-order valence-corrected chi connectivity index (χ2v) is 9.35. The van der Waals surface area contributed by atoms with Crippen LogP contribution in [0.3, 0.4) is 0 Å². The number of benzene rings is 2. The van der Waals surface area contributed by atoms with Gasteiger partial charge in [-0.25, -0.2) is 0 Å². The molecule has 4 N–H and O–H groups in total. The molecular formula is C28H35N3O5. The normalized spacial score (nSPS) is 26.8. The molecule has 2 aromatic rings. The lowest BCUT2D eigenvalue weighted by Crippen LogP contribution is -2.54. The quantitative estimate of drug-likeness (QED) is 0.487. The van der Waals surface area contributed by atoms with E-state index in [4.69, 9.17) is 9.47 Å². The topological polar surface area (TPSA) is 109 Å². The molecule has 1 aliphatic carbocycles. The number of carbonyl (C=O) groups is 2. The molecule has 8 nitrogen and oxygen atoms in total. The third-order valence-electron chi connectivity index (χ3n) is 6.76. The van der Waals surface area contributed by atoms with Crippen molar-refractivity contribution >= 4 is 11.8 Å². The van der Waals surface area contributed by atoms with Gasteiger partial charge in [0.2, 0.25) is 11.8 Å². The lowest BCUT2D eigenvalue weighted by atomic mass is 9.99. The highest BCUT2D eigenvalue weighted by atomic mass is 16.5. The number of hydrogen-bond donors (Lipinski definition) is 4. The largest absolute Gasteiger partial charge is 0.497 e. The van der Waals surface area contributed by atoms with Crippen molar-refractivity contribution in [3.05, 3.63) is 77.4 Å². The van der Waals surface area contributed by atoms with Crippen LogP contribution in [0.1, 0.15) is 48.6 Å². The summed E-state index contributed by atoms with van der Waals surface area (Å²) in [5.41, 5.74) is 3.20. The Balaban J connectivity index is 1.60. The summed E-state index contributed by atoms with van der Waals surface area (Å²) in [7, 11) is 1.64. The van der Waals surface area contributed by atoms with Crippen molar-refractivity contribution in [3.8, 4) is 5.75 Å². The summed E-state index contributed by atoms with van der Waals surface area (Å²) in [6.07, 6.45) is 4.28. The predicted molar refractivity (Wildman–Crippen MR) is 136 cm³/mol. The van der Waals surface area contributed by atoms with E-state index in [2.05, 4.69) is 16.0 Å². The first-order valence-electron chi connectivity index (χ1n) is 12.4. The number of fused-ring (bicyclic) bond motifs is 5. The lowest BCUT2D eigenvalue weighted by molar-refractivity contribution is -0.129. The second-order valence-electron chi connectivity index (χ2n) is 9.35. The van der Waals surface area contributed by atoms with Gasteiger partial charge in [0.1, 0.15) is 11.8 Å². The monoisotopic (exact) mass is 493 g/mol. The molecular weight excluding hydrogens is 458 g/mol. The second kappa shape index (κ2) is 12.2. The van der Waals surface area contributed by atoms with Crippen LogP contribution in [0.4, 0.5) is 0 Å². The molecule has 2 aliphatic rings. The summed E-state index contributed by atoms with van der Waals surface area (Å²) in [6.45, 7) is 2.05. The Morgan fingerprint density at radius 2 is 1.97 bits per heavy atom. The van der Waals surface area contributed by atoms with Gasteiger partial charge in [0, 0.05) is 19.5 Å². The van der Waals surface area contributed by atoms with E-state index < -0.39 is 18.2 Å². The number of methoxy groups -OCH3 is 1. The highest BCUT2D eigenvalue weighted by molar-refractivity contribution is 5.87. The van der Waals surface area contributed by atoms with Crippen LogP contribution in [-0.2, 0) is 20.7 Å². The van der Waals surface area contributed by atoms with Gasteiger partial charge in [-0.3, -0.25) is 9.59 Å². The summed E-state index contributed by atoms with van der Waals surface area (Å²) in [5, 5.41) is 20.4. The van der Waals surface area contributed by atoms with E-state index in [1.807, 2.05) is 60.7 Å². The smallest absolute Gasteiger partial charge is 0.243 e. The predicted octanol–water partition coefficient (Wildman–Crippen LogP) is 2.34. The Morgan fingerprint density at radius 1 is 1.17 bits per heavy atom. The zero-order valence-electron chi connectivity index (χ0n) is 20.8. The molecule has 2 aromatic carbocycles. The van der Waals surface area contributed by atoms with Crippen LogP contribution < -0.4 is 20.7 Å². The fraction of sp³-hybridized carbons (Fsp3) is 0.429. The minimum Gasteiger partial charge on any atom is -0.497 e. The number of nitrogens with one attached hydrogen (secondary N) is 3. The van der Waals surface area contributed by atoms with Crippen LogP contribution in [0.5, 0.6) is 5.75 Å². The number of ether oxygens (including phenoxy) is 2. The minimum absolute atomic E-state index is 0.0240. The first-order valence-corrected chi connectivity index (χ1v) is 12.4. The Kier molecular flexibility index (Phi) is 8.74. The van der Waals surface area contributed by atoms with Crippen LogP contribution in [-0.4, -0.2) is 55.4 Å². The van der Waals surface area contributed by atoms with Crippen molar-refractivity contribution in [1.82, 2.24) is 16.0 Å². The van der Waals surface area contributed by atoms with Gasteiger partial charge in [-0.2, -0.15) is 0 Å². The average Bonchev–Trinajstić information content (AvgIpc) is 3.22. The van der Waals surface area contributed by atoms with Crippen LogP contribution in [0.2, 0.25) is 0 Å². The van der Waals surface area contributed by atoms with E-state index in [0.29, 0.717) is 19.4 Å². The number of amides is 2. The van der Waals surface area contributed by atoms with Gasteiger partial charge in [-0.1, -0.05) is 48.6 Å². The van der Waals surface area contributed by atoms with Gasteiger partial charge in [0.15, 0.2) is 0 Å². The molecule has 0 spiro atoms. The number of aliphatic hydroxyl groups excluding tert-OH is 1. The van der Waals surface area contributed by atoms with Gasteiger partial charge >= 0.3 is 0 Å². The van der Waals surface area contributed by atoms with Crippen molar-refractivity contribution in [1.29, 1.82) is 0 Å². The number of rotatable bonds is 4. The lowest BCUT2D eigenvalue weighted by Gasteiger charge is -2.28. The molecule has 192 valence electrons. The van der Waals surface area contributed by atoms with Crippen molar-refractivity contribution in [2.24, 2.45) is 0 Å². The van der Waals surface area contributed by atoms with Crippen LogP contribution >= 0.6 is 0 Å². The fourth-order valence-corrected chi connectivity index (χ4v) is 4.88. The summed E-state index contributed by atoms with van der Waals surface area (Å²) < 4.78 is 11.6. The number of hydrogen-bond acceptors (Lipinski definition) is 6. The molecule has 8 heteroatoms. The zero-order chi connectivity index (χ0) is 25.5. The van der Waals surface area contributed by atoms with Gasteiger partial charge in [-0.15, -0.1) is 0 Å². The summed E-state index contributed by atoms with van der Waals surface area (Å²) >= 11 is 0. The van der Waals surface area contributed by atoms with Gasteiger partial charge in [0.05, 0.1) is 32.0 Å². The SMILES string of the molecule is COc1ccc2c(c1)[C@@H]1C[C@H]2OCC=CCC(NC(C)=O)C(=O)N[C@@H](Cc2ccccc2)[C@H](O)CN1. The zero-order valence-corrected chi connectivity index (χ0v) is 20.8. The number of aliphatic hydroxyl groups is 1. The highest BCUT2D eigenvalue weighted by Crippen LogP contribution is 2.42. The van der Waals surface area contributed by atoms with E-state index in [1.54, 1.807) is 7.11 Å². The Hall–Kier alpha value is -3.20. The van der Waals surface area contributed by atoms with Gasteiger partial charge < -0.3 is 30.5 Å². The van der Waals surface area contributed by atoms with Crippen molar-refractivity contribution in [2.75, 3.05) is 20.3 Å². The maximum absolute atomic E-state index is 13.2. The molecule has 1 unspecified atom stereocenters. The van der Waals surface area contributed by atoms with Gasteiger partial charge in [-0.05, 0) is 48.1 Å². The van der Waals surface area contributed by atoms with E-state index in [0.717, 1.165) is 28.9 Å². The molecule has 0 radical (unpaired) electrons. The molecule has 36 heavy (non-hydrogen) atoms. The van der Waals surface area contributed by atoms with E-state index >= 15 is 0 Å². The van der Waals surface area contributed by atoms with Crippen molar-refractivity contribution in [3.63, 3.8) is 0 Å². The first-order chi connectivity index (χ1) is 17.4. The minimum atomic E-state index is -0.859. The summed E-state index contributed by atoms with van der Waals surface area (Å²) in [6, 6.07) is 14.4. The Labute approximate surface area is 212 Å². The third-order valence-corrected chi connectivity index (χ3v) is 6.76. The van der Waals surface area contributed by atoms with Crippen molar-refractivity contribution < 1.29 is 24.2 Å². The van der Waals surface area contributed by atoms with E-state index in [1.165, 1.54) is 6.92 Å². The number of β-amino-alcohol motifs (C(OH)–C–C–N with tert-alkyl or cyclic N) is 1. The molecule has 0 saturated carbocycles. The molecule has 5 atom stereocenters. The molecule has 0 saturated heterocycles.